The fraction of sp³-hybridized carbons (Fsp3) is 0.438. The average Bonchev–Trinajstić information content (AvgIpc) is 2.43. The molecule has 1 fully saturated rings. The van der Waals surface area contributed by atoms with Gasteiger partial charge in [0.05, 0.1) is 5.70 Å². The molecule has 122 valence electrons. The van der Waals surface area contributed by atoms with Crippen molar-refractivity contribution in [2.45, 2.75) is 38.6 Å². The third-order valence-electron chi connectivity index (χ3n) is 3.83. The second-order valence-electron chi connectivity index (χ2n) is 5.26. The van der Waals surface area contributed by atoms with Crippen LogP contribution in [0.25, 0.3) is 0 Å². The zero-order chi connectivity index (χ0) is 16.7. The van der Waals surface area contributed by atoms with Gasteiger partial charge in [0.1, 0.15) is 0 Å². The van der Waals surface area contributed by atoms with Crippen LogP contribution < -0.4 is 0 Å². The molecule has 1 rings (SSSR count). The van der Waals surface area contributed by atoms with E-state index in [0.717, 1.165) is 12.0 Å². The molecule has 0 amide bonds. The molecule has 2 N–H and O–H groups in total. The van der Waals surface area contributed by atoms with E-state index in [9.17, 15) is 13.6 Å². The van der Waals surface area contributed by atoms with Crippen LogP contribution in [0.1, 0.15) is 32.6 Å². The molecule has 0 aromatic rings. The van der Waals surface area contributed by atoms with E-state index in [1.807, 2.05) is 13.0 Å². The topological polar surface area (TPSA) is 77.8 Å². The van der Waals surface area contributed by atoms with Crippen molar-refractivity contribution in [1.29, 1.82) is 0 Å². The highest BCUT2D eigenvalue weighted by Crippen LogP contribution is 2.38. The predicted molar refractivity (Wildman–Crippen MR) is 88.2 cm³/mol. The number of nitrogens with zero attached hydrogens (tertiary/aromatic N) is 1. The number of rotatable bonds is 7. The van der Waals surface area contributed by atoms with Gasteiger partial charge in [-0.25, -0.2) is 4.21 Å². The first-order valence-electron chi connectivity index (χ1n) is 7.19. The summed E-state index contributed by atoms with van der Waals surface area (Å²) in [4.78, 5) is 10.7. The molecule has 1 heterocycles. The van der Waals surface area contributed by atoms with Crippen molar-refractivity contribution in [3.63, 3.8) is 0 Å². The fourth-order valence-corrected chi connectivity index (χ4v) is 3.59. The first kappa shape index (κ1) is 18.4. The summed E-state index contributed by atoms with van der Waals surface area (Å²) in [6.07, 6.45) is 8.86. The predicted octanol–water partition coefficient (Wildman–Crippen LogP) is 3.27. The molecule has 6 heteroatoms. The van der Waals surface area contributed by atoms with Crippen molar-refractivity contribution in [2.24, 2.45) is 5.92 Å². The molecule has 5 nitrogen and oxygen atoms in total. The molecule has 1 unspecified atom stereocenters. The van der Waals surface area contributed by atoms with Gasteiger partial charge in [-0.1, -0.05) is 31.4 Å². The molecule has 0 spiro atoms. The molecule has 1 saturated heterocycles. The van der Waals surface area contributed by atoms with Crippen LogP contribution in [0.5, 0.6) is 0 Å². The first-order valence-corrected chi connectivity index (χ1v) is 8.25. The first-order chi connectivity index (χ1) is 10.4. The number of allylic oxidation sites excluding steroid dienone is 5. The Kier molecular flexibility index (Phi) is 7.27. The highest BCUT2D eigenvalue weighted by atomic mass is 32.2. The van der Waals surface area contributed by atoms with E-state index >= 15 is 0 Å². The Morgan fingerprint density at radius 1 is 1.41 bits per heavy atom. The van der Waals surface area contributed by atoms with E-state index in [0.29, 0.717) is 18.5 Å². The van der Waals surface area contributed by atoms with Gasteiger partial charge in [-0.3, -0.25) is 13.7 Å². The number of hydrogen-bond acceptors (Lipinski definition) is 2. The van der Waals surface area contributed by atoms with Crippen LogP contribution in [-0.2, 0) is 16.1 Å². The lowest BCUT2D eigenvalue weighted by molar-refractivity contribution is -0.137. The Morgan fingerprint density at radius 3 is 2.55 bits per heavy atom. The zero-order valence-electron chi connectivity index (χ0n) is 12.8. The van der Waals surface area contributed by atoms with Crippen LogP contribution in [-0.4, -0.2) is 30.2 Å². The number of aliphatic carboxylic acids is 1. The highest BCUT2D eigenvalue weighted by molar-refractivity contribution is 7.76. The molecule has 0 radical (unpaired) electrons. The lowest BCUT2D eigenvalue weighted by Gasteiger charge is -2.41. The summed E-state index contributed by atoms with van der Waals surface area (Å²) in [6, 6.07) is -0.159. The normalized spacial score (nSPS) is 26.9. The van der Waals surface area contributed by atoms with E-state index in [1.54, 1.807) is 18.2 Å². The minimum atomic E-state index is -2.15. The number of hydrogen-bond donors (Lipinski definition) is 2. The van der Waals surface area contributed by atoms with Crippen LogP contribution in [0.4, 0.5) is 0 Å². The third-order valence-corrected chi connectivity index (χ3v) is 4.70. The summed E-state index contributed by atoms with van der Waals surface area (Å²) in [5.41, 5.74) is 1.58. The van der Waals surface area contributed by atoms with Crippen LogP contribution in [0, 0.1) is 5.92 Å². The summed E-state index contributed by atoms with van der Waals surface area (Å²) >= 11 is -2.15. The highest BCUT2D eigenvalue weighted by Gasteiger charge is 2.35. The molecule has 0 aromatic carbocycles. The lowest BCUT2D eigenvalue weighted by Crippen LogP contribution is -2.43. The van der Waals surface area contributed by atoms with Gasteiger partial charge in [0, 0.05) is 12.5 Å². The molecular formula is C16H23NO4S. The number of carboxylic acid groups (broad SMARTS) is 1. The van der Waals surface area contributed by atoms with Gasteiger partial charge >= 0.3 is 5.97 Å². The number of carbonyl (C=O) groups is 1. The second-order valence-corrected chi connectivity index (χ2v) is 6.12. The smallest absolute Gasteiger partial charge is 0.303 e. The second kappa shape index (κ2) is 8.70. The largest absolute Gasteiger partial charge is 0.481 e. The summed E-state index contributed by atoms with van der Waals surface area (Å²) in [6.45, 7) is 9.23. The maximum Gasteiger partial charge on any atom is 0.303 e. The van der Waals surface area contributed by atoms with Crippen molar-refractivity contribution in [2.75, 3.05) is 0 Å². The molecule has 0 saturated carbocycles. The van der Waals surface area contributed by atoms with E-state index in [4.69, 9.17) is 5.11 Å². The Balaban J connectivity index is 3.05. The Labute approximate surface area is 134 Å². The van der Waals surface area contributed by atoms with Gasteiger partial charge in [-0.05, 0) is 43.8 Å². The van der Waals surface area contributed by atoms with Gasteiger partial charge in [-0.15, -0.1) is 0 Å². The van der Waals surface area contributed by atoms with Crippen molar-refractivity contribution in [1.82, 2.24) is 4.31 Å². The van der Waals surface area contributed by atoms with E-state index in [2.05, 4.69) is 13.2 Å². The minimum Gasteiger partial charge on any atom is -0.481 e. The summed E-state index contributed by atoms with van der Waals surface area (Å²) in [5.74, 6) is -0.705. The van der Waals surface area contributed by atoms with Gasteiger partial charge < -0.3 is 5.11 Å². The molecule has 1 aliphatic heterocycles. The Bertz CT molecular complexity index is 524. The third kappa shape index (κ3) is 4.68. The maximum atomic E-state index is 11.7. The average molecular weight is 325 g/mol. The maximum absolute atomic E-state index is 11.7. The Morgan fingerprint density at radius 2 is 2.05 bits per heavy atom. The zero-order valence-corrected chi connectivity index (χ0v) is 13.6. The van der Waals surface area contributed by atoms with Crippen LogP contribution in [0.2, 0.25) is 0 Å². The van der Waals surface area contributed by atoms with E-state index in [-0.39, 0.29) is 18.4 Å². The van der Waals surface area contributed by atoms with Gasteiger partial charge in [-0.2, -0.15) is 0 Å². The van der Waals surface area contributed by atoms with E-state index in [1.165, 1.54) is 4.31 Å². The fourth-order valence-electron chi connectivity index (χ4n) is 2.78. The monoisotopic (exact) mass is 325 g/mol. The molecule has 22 heavy (non-hydrogen) atoms. The van der Waals surface area contributed by atoms with Crippen molar-refractivity contribution >= 4 is 17.2 Å². The van der Waals surface area contributed by atoms with E-state index < -0.39 is 17.2 Å². The van der Waals surface area contributed by atoms with Crippen molar-refractivity contribution in [3.8, 4) is 0 Å². The Hall–Kier alpha value is -1.66. The molecule has 0 aliphatic carbocycles. The summed E-state index contributed by atoms with van der Waals surface area (Å²) in [5, 5.41) is 8.75. The molecule has 1 aliphatic rings. The molecular weight excluding hydrogens is 302 g/mol. The van der Waals surface area contributed by atoms with Crippen LogP contribution in [0.15, 0.2) is 48.7 Å². The van der Waals surface area contributed by atoms with Crippen LogP contribution in [0.3, 0.4) is 0 Å². The van der Waals surface area contributed by atoms with Gasteiger partial charge in [0.2, 0.25) is 0 Å². The standard InChI is InChI=1S/C16H23NO4S/c1-4-7-14-11-13(9-6-10-16(18)19)12(3)17(22(20)21)15(14)8-5-2/h4-5,7-8,12-13H,1-2,6,9-11H2,3H3,(H,18,19)(H,20,21)/b14-7-,15-8+/t12-,13-/m1/s1. The lowest BCUT2D eigenvalue weighted by atomic mass is 9.83. The molecule has 0 bridgehead atoms. The quantitative estimate of drug-likeness (QED) is 0.704. The SMILES string of the molecule is C=C/C=C1/C[C@@H](CCCC(=O)O)[C@@H](C)N(S(=O)O)/C1=C/C=C. The number of piperidine rings is 1. The summed E-state index contributed by atoms with van der Waals surface area (Å²) < 4.78 is 22.8. The van der Waals surface area contributed by atoms with Gasteiger partial charge in [0.15, 0.2) is 0 Å². The van der Waals surface area contributed by atoms with Crippen molar-refractivity contribution in [3.05, 3.63) is 48.7 Å². The summed E-state index contributed by atoms with van der Waals surface area (Å²) in [7, 11) is 0. The molecule has 0 aromatic heterocycles. The minimum absolute atomic E-state index is 0.112. The van der Waals surface area contributed by atoms with Crippen LogP contribution >= 0.6 is 0 Å². The van der Waals surface area contributed by atoms with Crippen molar-refractivity contribution < 1.29 is 18.7 Å². The van der Waals surface area contributed by atoms with Gasteiger partial charge in [0.25, 0.3) is 11.3 Å². The number of carboxylic acids is 1. The molecule has 3 atom stereocenters.